The Hall–Kier alpha value is -3.07. The molecule has 140 valence electrons. The molecule has 3 aromatic rings. The van der Waals surface area contributed by atoms with Crippen LogP contribution in [0.15, 0.2) is 28.8 Å². The van der Waals surface area contributed by atoms with Gasteiger partial charge in [0, 0.05) is 0 Å². The number of aryl methyl sites for hydroxylation is 1. The molecule has 0 bridgehead atoms. The zero-order valence-electron chi connectivity index (χ0n) is 15.3. The van der Waals surface area contributed by atoms with Gasteiger partial charge in [-0.15, -0.1) is 5.10 Å². The van der Waals surface area contributed by atoms with Crippen molar-refractivity contribution in [2.45, 2.75) is 38.1 Å². The predicted octanol–water partition coefficient (Wildman–Crippen LogP) is 2.15. The fraction of sp³-hybridized carbons (Fsp3) is 0.389. The van der Waals surface area contributed by atoms with Crippen molar-refractivity contribution in [1.29, 1.82) is 0 Å². The summed E-state index contributed by atoms with van der Waals surface area (Å²) in [6.07, 6.45) is 5.72. The van der Waals surface area contributed by atoms with Gasteiger partial charge in [0.05, 0.1) is 12.6 Å². The number of nitrogens with two attached hydrogens (primary N) is 1. The number of aromatic nitrogens is 6. The van der Waals surface area contributed by atoms with Crippen molar-refractivity contribution in [1.82, 2.24) is 30.3 Å². The second-order valence-electron chi connectivity index (χ2n) is 6.73. The van der Waals surface area contributed by atoms with E-state index in [1.807, 2.05) is 30.3 Å². The number of hydrogen-bond donors (Lipinski definition) is 1. The molecule has 27 heavy (non-hydrogen) atoms. The summed E-state index contributed by atoms with van der Waals surface area (Å²) in [5.41, 5.74) is 7.40. The number of rotatable bonds is 5. The SMILES string of the molecule is COc1cccc(/C=C(/c2nc(C3(N)CCCC3)no2)n2nnnc2C)c1. The first-order valence-electron chi connectivity index (χ1n) is 8.84. The molecule has 2 aromatic heterocycles. The largest absolute Gasteiger partial charge is 0.497 e. The summed E-state index contributed by atoms with van der Waals surface area (Å²) in [4.78, 5) is 4.58. The van der Waals surface area contributed by atoms with Crippen LogP contribution in [-0.2, 0) is 5.54 Å². The maximum Gasteiger partial charge on any atom is 0.276 e. The van der Waals surface area contributed by atoms with Gasteiger partial charge >= 0.3 is 0 Å². The number of methoxy groups -OCH3 is 1. The molecular formula is C18H21N7O2. The highest BCUT2D eigenvalue weighted by molar-refractivity contribution is 5.78. The molecule has 0 atom stereocenters. The average molecular weight is 367 g/mol. The molecule has 0 saturated heterocycles. The maximum atomic E-state index is 6.46. The Morgan fingerprint density at radius 1 is 1.33 bits per heavy atom. The summed E-state index contributed by atoms with van der Waals surface area (Å²) in [6.45, 7) is 1.80. The van der Waals surface area contributed by atoms with Gasteiger partial charge in [-0.2, -0.15) is 9.67 Å². The fourth-order valence-corrected chi connectivity index (χ4v) is 3.32. The average Bonchev–Trinajstić information content (AvgIpc) is 3.42. The molecular weight excluding hydrogens is 346 g/mol. The molecule has 1 aliphatic carbocycles. The number of tetrazole rings is 1. The Bertz CT molecular complexity index is 970. The smallest absolute Gasteiger partial charge is 0.276 e. The number of nitrogens with zero attached hydrogens (tertiary/aromatic N) is 6. The van der Waals surface area contributed by atoms with Crippen LogP contribution < -0.4 is 10.5 Å². The Morgan fingerprint density at radius 3 is 2.85 bits per heavy atom. The highest BCUT2D eigenvalue weighted by Crippen LogP contribution is 2.35. The zero-order valence-corrected chi connectivity index (χ0v) is 15.3. The van der Waals surface area contributed by atoms with E-state index in [4.69, 9.17) is 15.0 Å². The molecule has 9 nitrogen and oxygen atoms in total. The van der Waals surface area contributed by atoms with Crippen LogP contribution in [0, 0.1) is 6.92 Å². The lowest BCUT2D eigenvalue weighted by molar-refractivity contribution is 0.361. The molecule has 1 fully saturated rings. The van der Waals surface area contributed by atoms with Crippen LogP contribution in [0.3, 0.4) is 0 Å². The third-order valence-electron chi connectivity index (χ3n) is 4.84. The van der Waals surface area contributed by atoms with Gasteiger partial charge < -0.3 is 15.0 Å². The second kappa shape index (κ2) is 6.92. The maximum absolute atomic E-state index is 6.46. The molecule has 1 saturated carbocycles. The minimum atomic E-state index is -0.529. The molecule has 9 heteroatoms. The Morgan fingerprint density at radius 2 is 2.15 bits per heavy atom. The van der Waals surface area contributed by atoms with E-state index in [0.717, 1.165) is 37.0 Å². The molecule has 4 rings (SSSR count). The van der Waals surface area contributed by atoms with Crippen molar-refractivity contribution >= 4 is 11.8 Å². The van der Waals surface area contributed by atoms with Gasteiger partial charge in [-0.3, -0.25) is 0 Å². The van der Waals surface area contributed by atoms with Crippen LogP contribution in [0.4, 0.5) is 0 Å². The van der Waals surface area contributed by atoms with Crippen molar-refractivity contribution in [3.05, 3.63) is 47.4 Å². The van der Waals surface area contributed by atoms with Crippen molar-refractivity contribution in [2.75, 3.05) is 7.11 Å². The Labute approximate surface area is 156 Å². The fourth-order valence-electron chi connectivity index (χ4n) is 3.32. The lowest BCUT2D eigenvalue weighted by Crippen LogP contribution is -2.34. The minimum absolute atomic E-state index is 0.319. The molecule has 0 amide bonds. The van der Waals surface area contributed by atoms with Gasteiger partial charge in [0.15, 0.2) is 11.6 Å². The predicted molar refractivity (Wildman–Crippen MR) is 97.4 cm³/mol. The number of hydrogen-bond acceptors (Lipinski definition) is 8. The van der Waals surface area contributed by atoms with Crippen LogP contribution in [0.2, 0.25) is 0 Å². The van der Waals surface area contributed by atoms with Crippen molar-refractivity contribution in [3.8, 4) is 5.75 Å². The molecule has 0 radical (unpaired) electrons. The first-order chi connectivity index (χ1) is 13.1. The van der Waals surface area contributed by atoms with Crippen molar-refractivity contribution in [3.63, 3.8) is 0 Å². The topological polar surface area (TPSA) is 118 Å². The number of ether oxygens (including phenoxy) is 1. The molecule has 2 heterocycles. The molecule has 1 aromatic carbocycles. The normalized spacial score (nSPS) is 16.6. The lowest BCUT2D eigenvalue weighted by atomic mass is 9.99. The van der Waals surface area contributed by atoms with Gasteiger partial charge in [0.25, 0.3) is 5.89 Å². The van der Waals surface area contributed by atoms with E-state index in [2.05, 4.69) is 25.7 Å². The Balaban J connectivity index is 1.78. The van der Waals surface area contributed by atoms with Gasteiger partial charge in [-0.05, 0) is 54.0 Å². The quantitative estimate of drug-likeness (QED) is 0.729. The number of benzene rings is 1. The molecule has 0 spiro atoms. The highest BCUT2D eigenvalue weighted by atomic mass is 16.5. The van der Waals surface area contributed by atoms with Crippen molar-refractivity contribution in [2.24, 2.45) is 5.73 Å². The van der Waals surface area contributed by atoms with Gasteiger partial charge in [0.2, 0.25) is 0 Å². The van der Waals surface area contributed by atoms with Crippen molar-refractivity contribution < 1.29 is 9.26 Å². The summed E-state index contributed by atoms with van der Waals surface area (Å²) in [5.74, 6) is 2.19. The van der Waals surface area contributed by atoms with E-state index in [1.165, 1.54) is 0 Å². The Kier molecular flexibility index (Phi) is 4.44. The molecule has 0 aliphatic heterocycles. The van der Waals surface area contributed by atoms with Gasteiger partial charge in [0.1, 0.15) is 11.4 Å². The molecule has 0 unspecified atom stereocenters. The first-order valence-corrected chi connectivity index (χ1v) is 8.84. The summed E-state index contributed by atoms with van der Waals surface area (Å²) in [5, 5.41) is 15.9. The van der Waals surface area contributed by atoms with Gasteiger partial charge in [-0.25, -0.2) is 0 Å². The third-order valence-corrected chi connectivity index (χ3v) is 4.84. The van der Waals surface area contributed by atoms with Gasteiger partial charge in [-0.1, -0.05) is 30.1 Å². The van der Waals surface area contributed by atoms with Crippen LogP contribution >= 0.6 is 0 Å². The van der Waals surface area contributed by atoms with E-state index in [-0.39, 0.29) is 0 Å². The molecule has 2 N–H and O–H groups in total. The standard InChI is InChI=1S/C18H21N7O2/c1-12-21-23-24-25(12)15(11-13-6-5-7-14(10-13)26-2)16-20-17(22-27-16)18(19)8-3-4-9-18/h5-7,10-11H,3-4,8-9,19H2,1-2H3/b15-11-. The van der Waals surface area contributed by atoms with E-state index in [0.29, 0.717) is 23.2 Å². The van der Waals surface area contributed by atoms with E-state index < -0.39 is 5.54 Å². The highest BCUT2D eigenvalue weighted by Gasteiger charge is 2.36. The second-order valence-corrected chi connectivity index (χ2v) is 6.73. The third kappa shape index (κ3) is 3.33. The molecule has 1 aliphatic rings. The zero-order chi connectivity index (χ0) is 18.9. The summed E-state index contributed by atoms with van der Waals surface area (Å²) in [6, 6.07) is 7.63. The van der Waals surface area contributed by atoms with Crippen LogP contribution in [0.25, 0.3) is 11.8 Å². The minimum Gasteiger partial charge on any atom is -0.497 e. The van der Waals surface area contributed by atoms with Crippen LogP contribution in [-0.4, -0.2) is 37.5 Å². The summed E-state index contributed by atoms with van der Waals surface area (Å²) in [7, 11) is 1.63. The monoisotopic (exact) mass is 367 g/mol. The van der Waals surface area contributed by atoms with E-state index in [1.54, 1.807) is 18.7 Å². The van der Waals surface area contributed by atoms with E-state index >= 15 is 0 Å². The first kappa shape index (κ1) is 17.3. The lowest BCUT2D eigenvalue weighted by Gasteiger charge is -2.17. The summed E-state index contributed by atoms with van der Waals surface area (Å²) >= 11 is 0. The van der Waals surface area contributed by atoms with Crippen LogP contribution in [0.5, 0.6) is 5.75 Å². The van der Waals surface area contributed by atoms with Crippen LogP contribution in [0.1, 0.15) is 48.8 Å². The summed E-state index contributed by atoms with van der Waals surface area (Å²) < 4.78 is 12.4. The van der Waals surface area contributed by atoms with E-state index in [9.17, 15) is 0 Å².